The number of nitrogens with one attached hydrogen (secondary N) is 1. The minimum atomic E-state index is -1.08. The maximum atomic E-state index is 11.9. The number of amides is 1. The lowest BCUT2D eigenvalue weighted by Crippen LogP contribution is -2.34. The third kappa shape index (κ3) is 3.64. The lowest BCUT2D eigenvalue weighted by molar-refractivity contribution is -0.142. The Kier molecular flexibility index (Phi) is 4.47. The highest BCUT2D eigenvalue weighted by Crippen LogP contribution is 2.14. The van der Waals surface area contributed by atoms with E-state index in [2.05, 4.69) is 10.3 Å². The van der Waals surface area contributed by atoms with Crippen LogP contribution in [0.2, 0.25) is 0 Å². The first-order valence-electron chi connectivity index (χ1n) is 6.04. The van der Waals surface area contributed by atoms with Crippen LogP contribution in [0.25, 0.3) is 0 Å². The Bertz CT molecular complexity index is 610. The maximum absolute atomic E-state index is 11.9. The van der Waals surface area contributed by atoms with Gasteiger partial charge in [0.05, 0.1) is 17.1 Å². The molecule has 6 heteroatoms. The number of thiazole rings is 1. The van der Waals surface area contributed by atoms with Crippen LogP contribution in [0.1, 0.15) is 22.3 Å². The maximum Gasteiger partial charge on any atom is 0.330 e. The first-order valence-corrected chi connectivity index (χ1v) is 6.92. The number of carboxylic acids is 1. The van der Waals surface area contributed by atoms with E-state index in [1.807, 2.05) is 6.92 Å². The van der Waals surface area contributed by atoms with Crippen molar-refractivity contribution in [2.45, 2.75) is 19.4 Å². The molecule has 1 aromatic carbocycles. The first-order chi connectivity index (χ1) is 9.56. The highest BCUT2D eigenvalue weighted by atomic mass is 32.1. The Balaban J connectivity index is 2.05. The molecule has 0 saturated carbocycles. The Hall–Kier alpha value is -2.21. The monoisotopic (exact) mass is 290 g/mol. The van der Waals surface area contributed by atoms with Crippen LogP contribution in [-0.4, -0.2) is 22.0 Å². The van der Waals surface area contributed by atoms with E-state index in [0.29, 0.717) is 11.3 Å². The molecule has 20 heavy (non-hydrogen) atoms. The Morgan fingerprint density at radius 2 is 2.05 bits per heavy atom. The molecule has 0 spiro atoms. The van der Waals surface area contributed by atoms with Crippen LogP contribution in [0.3, 0.4) is 0 Å². The predicted molar refractivity (Wildman–Crippen MR) is 75.5 cm³/mol. The number of carbonyl (C=O) groups is 2. The van der Waals surface area contributed by atoms with Gasteiger partial charge < -0.3 is 10.4 Å². The molecule has 0 aliphatic heterocycles. The molecule has 0 unspecified atom stereocenters. The number of hydrogen-bond acceptors (Lipinski definition) is 4. The molecule has 1 amide bonds. The molecule has 0 fully saturated rings. The van der Waals surface area contributed by atoms with E-state index in [1.54, 1.807) is 35.7 Å². The highest BCUT2D eigenvalue weighted by Gasteiger charge is 2.22. The molecule has 0 radical (unpaired) electrons. The number of nitrogens with zero attached hydrogens (tertiary/aromatic N) is 1. The molecule has 2 N–H and O–H groups in total. The number of aromatic nitrogens is 1. The van der Waals surface area contributed by atoms with Crippen LogP contribution in [0.5, 0.6) is 0 Å². The fraction of sp³-hybridized carbons (Fsp3) is 0.214. The van der Waals surface area contributed by atoms with Crippen molar-refractivity contribution < 1.29 is 14.7 Å². The number of rotatable bonds is 5. The standard InChI is InChI=1S/C14H14N2O3S/c1-9-15-11(8-20-9)7-12(17)16-13(14(18)19)10-5-3-2-4-6-10/h2-6,8,13H,7H2,1H3,(H,16,17)(H,18,19)/t13-/m0/s1. The Morgan fingerprint density at radius 1 is 1.35 bits per heavy atom. The van der Waals surface area contributed by atoms with Crippen molar-refractivity contribution in [2.75, 3.05) is 0 Å². The molecule has 104 valence electrons. The fourth-order valence-corrected chi connectivity index (χ4v) is 2.41. The summed E-state index contributed by atoms with van der Waals surface area (Å²) in [7, 11) is 0. The quantitative estimate of drug-likeness (QED) is 0.882. The van der Waals surface area contributed by atoms with Crippen molar-refractivity contribution in [1.82, 2.24) is 10.3 Å². The van der Waals surface area contributed by atoms with Crippen molar-refractivity contribution in [3.05, 3.63) is 52.0 Å². The summed E-state index contributed by atoms with van der Waals surface area (Å²) in [6, 6.07) is 7.58. The largest absolute Gasteiger partial charge is 0.479 e. The average Bonchev–Trinajstić information content (AvgIpc) is 2.82. The van der Waals surface area contributed by atoms with Crippen LogP contribution >= 0.6 is 11.3 Å². The molecule has 0 saturated heterocycles. The van der Waals surface area contributed by atoms with Gasteiger partial charge in [0.2, 0.25) is 5.91 Å². The van der Waals surface area contributed by atoms with Gasteiger partial charge >= 0.3 is 5.97 Å². The van der Waals surface area contributed by atoms with E-state index in [-0.39, 0.29) is 12.3 Å². The van der Waals surface area contributed by atoms with Crippen molar-refractivity contribution in [1.29, 1.82) is 0 Å². The van der Waals surface area contributed by atoms with Crippen LogP contribution in [0.15, 0.2) is 35.7 Å². The van der Waals surface area contributed by atoms with Gasteiger partial charge in [0.1, 0.15) is 0 Å². The Morgan fingerprint density at radius 3 is 2.60 bits per heavy atom. The second-order valence-corrected chi connectivity index (χ2v) is 5.35. The summed E-state index contributed by atoms with van der Waals surface area (Å²) in [5, 5.41) is 14.4. The van der Waals surface area contributed by atoms with E-state index in [1.165, 1.54) is 11.3 Å². The molecular formula is C14H14N2O3S. The summed E-state index contributed by atoms with van der Waals surface area (Å²) < 4.78 is 0. The zero-order chi connectivity index (χ0) is 14.5. The molecule has 5 nitrogen and oxygen atoms in total. The summed E-state index contributed by atoms with van der Waals surface area (Å²) in [6.45, 7) is 1.86. The number of carbonyl (C=O) groups excluding carboxylic acids is 1. The molecule has 1 atom stereocenters. The van der Waals surface area contributed by atoms with Crippen molar-refractivity contribution in [2.24, 2.45) is 0 Å². The van der Waals surface area contributed by atoms with Gasteiger partial charge in [-0.15, -0.1) is 11.3 Å². The molecule has 1 aromatic heterocycles. The molecule has 0 bridgehead atoms. The first kappa shape index (κ1) is 14.2. The number of benzene rings is 1. The molecule has 2 aromatic rings. The second kappa shape index (κ2) is 6.29. The summed E-state index contributed by atoms with van der Waals surface area (Å²) in [6.07, 6.45) is 0.0843. The molecular weight excluding hydrogens is 276 g/mol. The lowest BCUT2D eigenvalue weighted by Gasteiger charge is -2.14. The van der Waals surface area contributed by atoms with Gasteiger partial charge in [-0.1, -0.05) is 30.3 Å². The van der Waals surface area contributed by atoms with Crippen LogP contribution in [0.4, 0.5) is 0 Å². The fourth-order valence-electron chi connectivity index (χ4n) is 1.80. The summed E-state index contributed by atoms with van der Waals surface area (Å²) in [4.78, 5) is 27.3. The van der Waals surface area contributed by atoms with E-state index in [0.717, 1.165) is 5.01 Å². The number of aryl methyl sites for hydroxylation is 1. The summed E-state index contributed by atoms with van der Waals surface area (Å²) in [5.41, 5.74) is 1.20. The zero-order valence-electron chi connectivity index (χ0n) is 10.9. The predicted octanol–water partition coefficient (Wildman–Crippen LogP) is 1.94. The number of carboxylic acid groups (broad SMARTS) is 1. The number of hydrogen-bond donors (Lipinski definition) is 2. The molecule has 2 rings (SSSR count). The third-order valence-corrected chi connectivity index (χ3v) is 3.52. The van der Waals surface area contributed by atoms with Gasteiger partial charge in [0.25, 0.3) is 0 Å². The topological polar surface area (TPSA) is 79.3 Å². The lowest BCUT2D eigenvalue weighted by atomic mass is 10.1. The smallest absolute Gasteiger partial charge is 0.330 e. The van der Waals surface area contributed by atoms with Crippen LogP contribution in [-0.2, 0) is 16.0 Å². The zero-order valence-corrected chi connectivity index (χ0v) is 11.7. The van der Waals surface area contributed by atoms with E-state index >= 15 is 0 Å². The third-order valence-electron chi connectivity index (χ3n) is 2.69. The van der Waals surface area contributed by atoms with Crippen molar-refractivity contribution >= 4 is 23.2 Å². The summed E-state index contributed by atoms with van der Waals surface area (Å²) >= 11 is 1.46. The van der Waals surface area contributed by atoms with Gasteiger partial charge in [0, 0.05) is 5.38 Å². The normalized spacial score (nSPS) is 11.8. The van der Waals surface area contributed by atoms with Gasteiger partial charge in [-0.25, -0.2) is 9.78 Å². The highest BCUT2D eigenvalue weighted by molar-refractivity contribution is 7.09. The molecule has 0 aliphatic carbocycles. The van der Waals surface area contributed by atoms with Crippen LogP contribution in [0, 0.1) is 6.92 Å². The average molecular weight is 290 g/mol. The van der Waals surface area contributed by atoms with Gasteiger partial charge in [-0.05, 0) is 12.5 Å². The van der Waals surface area contributed by atoms with Gasteiger partial charge in [0.15, 0.2) is 6.04 Å². The van der Waals surface area contributed by atoms with Crippen LogP contribution < -0.4 is 5.32 Å². The summed E-state index contributed by atoms with van der Waals surface area (Å²) in [5.74, 6) is -1.44. The SMILES string of the molecule is Cc1nc(CC(=O)N[C@H](C(=O)O)c2ccccc2)cs1. The number of aliphatic carboxylic acids is 1. The van der Waals surface area contributed by atoms with Crippen molar-refractivity contribution in [3.63, 3.8) is 0 Å². The van der Waals surface area contributed by atoms with Gasteiger partial charge in [-0.3, -0.25) is 4.79 Å². The van der Waals surface area contributed by atoms with Gasteiger partial charge in [-0.2, -0.15) is 0 Å². The van der Waals surface area contributed by atoms with E-state index in [9.17, 15) is 14.7 Å². The van der Waals surface area contributed by atoms with Crippen molar-refractivity contribution in [3.8, 4) is 0 Å². The second-order valence-electron chi connectivity index (χ2n) is 4.28. The molecule has 1 heterocycles. The van der Waals surface area contributed by atoms with E-state index < -0.39 is 12.0 Å². The minimum Gasteiger partial charge on any atom is -0.479 e. The molecule has 0 aliphatic rings. The minimum absolute atomic E-state index is 0.0843. The Labute approximate surface area is 120 Å². The van der Waals surface area contributed by atoms with E-state index in [4.69, 9.17) is 0 Å².